The molecule has 1 heterocycles. The van der Waals surface area contributed by atoms with Crippen LogP contribution in [0.15, 0.2) is 47.6 Å². The number of nitrogens with zero attached hydrogens (tertiary/aromatic N) is 1. The van der Waals surface area contributed by atoms with Gasteiger partial charge < -0.3 is 0 Å². The van der Waals surface area contributed by atoms with Crippen LogP contribution in [-0.4, -0.2) is 19.9 Å². The molecule has 0 radical (unpaired) electrons. The second-order valence-corrected chi connectivity index (χ2v) is 7.86. The summed E-state index contributed by atoms with van der Waals surface area (Å²) in [6, 6.07) is 11.1. The van der Waals surface area contributed by atoms with Crippen molar-refractivity contribution in [3.05, 3.63) is 58.7 Å². The normalized spacial score (nSPS) is 16.5. The van der Waals surface area contributed by atoms with Gasteiger partial charge in [-0.15, -0.1) is 0 Å². The standard InChI is InChI=1S/C16H17ClN2O2S/c1-12-4-3-9-18-15(12)22(20,21)19-11-16(7-8-16)13-5-2-6-14(17)10-13/h2-6,9-10,19H,7-8,11H2,1H3. The summed E-state index contributed by atoms with van der Waals surface area (Å²) in [6.07, 6.45) is 3.40. The fourth-order valence-electron chi connectivity index (χ4n) is 2.59. The predicted molar refractivity (Wildman–Crippen MR) is 86.5 cm³/mol. The maximum Gasteiger partial charge on any atom is 0.258 e. The first-order valence-corrected chi connectivity index (χ1v) is 8.96. The summed E-state index contributed by atoms with van der Waals surface area (Å²) < 4.78 is 27.6. The van der Waals surface area contributed by atoms with Crippen LogP contribution in [0.4, 0.5) is 0 Å². The van der Waals surface area contributed by atoms with Crippen molar-refractivity contribution >= 4 is 21.6 Å². The Bertz CT molecular complexity index is 801. The van der Waals surface area contributed by atoms with Gasteiger partial charge in [0.25, 0.3) is 10.0 Å². The molecule has 0 saturated heterocycles. The van der Waals surface area contributed by atoms with Crippen molar-refractivity contribution in [1.82, 2.24) is 9.71 Å². The van der Waals surface area contributed by atoms with Gasteiger partial charge in [0.1, 0.15) is 0 Å². The summed E-state index contributed by atoms with van der Waals surface area (Å²) in [5, 5.41) is 0.768. The Balaban J connectivity index is 1.79. The number of aryl methyl sites for hydroxylation is 1. The summed E-state index contributed by atoms with van der Waals surface area (Å²) in [4.78, 5) is 3.99. The van der Waals surface area contributed by atoms with Gasteiger partial charge in [-0.25, -0.2) is 18.1 Å². The van der Waals surface area contributed by atoms with Gasteiger partial charge in [0.05, 0.1) is 0 Å². The molecule has 4 nitrogen and oxygen atoms in total. The van der Waals surface area contributed by atoms with Gasteiger partial charge in [0.15, 0.2) is 5.03 Å². The topological polar surface area (TPSA) is 59.1 Å². The largest absolute Gasteiger partial charge is 0.258 e. The van der Waals surface area contributed by atoms with E-state index in [1.807, 2.05) is 24.3 Å². The summed E-state index contributed by atoms with van der Waals surface area (Å²) in [5.74, 6) is 0. The van der Waals surface area contributed by atoms with Gasteiger partial charge in [0.2, 0.25) is 0 Å². The molecular formula is C16H17ClN2O2S. The molecule has 1 fully saturated rings. The highest BCUT2D eigenvalue weighted by molar-refractivity contribution is 7.89. The van der Waals surface area contributed by atoms with Crippen molar-refractivity contribution in [1.29, 1.82) is 0 Å². The lowest BCUT2D eigenvalue weighted by atomic mass is 9.96. The minimum atomic E-state index is -3.60. The fraction of sp³-hybridized carbons (Fsp3) is 0.312. The van der Waals surface area contributed by atoms with E-state index < -0.39 is 10.0 Å². The average molecular weight is 337 g/mol. The molecule has 6 heteroatoms. The van der Waals surface area contributed by atoms with Gasteiger partial charge in [-0.05, 0) is 49.1 Å². The Morgan fingerprint density at radius 1 is 1.27 bits per heavy atom. The Hall–Kier alpha value is -1.43. The Morgan fingerprint density at radius 3 is 2.68 bits per heavy atom. The molecule has 1 aliphatic rings. The van der Waals surface area contributed by atoms with E-state index in [1.54, 1.807) is 19.1 Å². The van der Waals surface area contributed by atoms with Crippen molar-refractivity contribution in [3.8, 4) is 0 Å². The second-order valence-electron chi connectivity index (χ2n) is 5.74. The predicted octanol–water partition coefficient (Wildman–Crippen LogP) is 3.05. The molecule has 1 saturated carbocycles. The van der Waals surface area contributed by atoms with Crippen LogP contribution < -0.4 is 4.72 Å². The lowest BCUT2D eigenvalue weighted by molar-refractivity contribution is 0.563. The van der Waals surface area contributed by atoms with E-state index in [0.29, 0.717) is 17.1 Å². The van der Waals surface area contributed by atoms with Crippen molar-refractivity contribution in [2.45, 2.75) is 30.2 Å². The number of benzene rings is 1. The Kier molecular flexibility index (Phi) is 3.97. The smallest absolute Gasteiger partial charge is 0.243 e. The molecule has 1 aromatic carbocycles. The van der Waals surface area contributed by atoms with Crippen LogP contribution in [0.1, 0.15) is 24.0 Å². The number of pyridine rings is 1. The van der Waals surface area contributed by atoms with Gasteiger partial charge >= 0.3 is 0 Å². The highest BCUT2D eigenvalue weighted by Gasteiger charge is 2.45. The summed E-state index contributed by atoms with van der Waals surface area (Å²) in [7, 11) is -3.60. The lowest BCUT2D eigenvalue weighted by Crippen LogP contribution is -2.33. The number of nitrogens with one attached hydrogen (secondary N) is 1. The Labute approximate surface area is 135 Å². The maximum absolute atomic E-state index is 12.4. The lowest BCUT2D eigenvalue weighted by Gasteiger charge is -2.17. The van der Waals surface area contributed by atoms with E-state index in [1.165, 1.54) is 6.20 Å². The monoisotopic (exact) mass is 336 g/mol. The van der Waals surface area contributed by atoms with Crippen molar-refractivity contribution in [3.63, 3.8) is 0 Å². The first kappa shape index (κ1) is 15.5. The zero-order chi connectivity index (χ0) is 15.8. The van der Waals surface area contributed by atoms with Gasteiger partial charge in [0, 0.05) is 23.2 Å². The molecule has 0 amide bonds. The molecule has 116 valence electrons. The van der Waals surface area contributed by atoms with Gasteiger partial charge in [-0.1, -0.05) is 29.8 Å². The number of halogens is 1. The number of aromatic nitrogens is 1. The summed E-state index contributed by atoms with van der Waals surface area (Å²) >= 11 is 6.04. The van der Waals surface area contributed by atoms with Crippen molar-refractivity contribution < 1.29 is 8.42 Å². The number of sulfonamides is 1. The van der Waals surface area contributed by atoms with Gasteiger partial charge in [-0.2, -0.15) is 0 Å². The number of hydrogen-bond acceptors (Lipinski definition) is 3. The van der Waals surface area contributed by atoms with E-state index in [4.69, 9.17) is 11.6 Å². The zero-order valence-electron chi connectivity index (χ0n) is 12.2. The fourth-order valence-corrected chi connectivity index (χ4v) is 4.08. The quantitative estimate of drug-likeness (QED) is 0.913. The third-order valence-corrected chi connectivity index (χ3v) is 5.80. The van der Waals surface area contributed by atoms with E-state index in [2.05, 4.69) is 9.71 Å². The van der Waals surface area contributed by atoms with E-state index in [9.17, 15) is 8.42 Å². The molecule has 0 aliphatic heterocycles. The van der Waals surface area contributed by atoms with Crippen LogP contribution in [0.3, 0.4) is 0 Å². The average Bonchev–Trinajstić information content (AvgIpc) is 3.27. The summed E-state index contributed by atoms with van der Waals surface area (Å²) in [5.41, 5.74) is 1.59. The molecule has 0 spiro atoms. The highest BCUT2D eigenvalue weighted by atomic mass is 35.5. The zero-order valence-corrected chi connectivity index (χ0v) is 13.8. The highest BCUT2D eigenvalue weighted by Crippen LogP contribution is 2.48. The van der Waals surface area contributed by atoms with Crippen LogP contribution >= 0.6 is 11.6 Å². The first-order chi connectivity index (χ1) is 10.4. The molecule has 0 atom stereocenters. The second kappa shape index (κ2) is 5.65. The van der Waals surface area contributed by atoms with E-state index in [0.717, 1.165) is 18.4 Å². The molecule has 0 bridgehead atoms. The van der Waals surface area contributed by atoms with Crippen LogP contribution in [0.25, 0.3) is 0 Å². The van der Waals surface area contributed by atoms with Crippen LogP contribution in [0.2, 0.25) is 5.02 Å². The van der Waals surface area contributed by atoms with Crippen LogP contribution in [0, 0.1) is 6.92 Å². The number of rotatable bonds is 5. The SMILES string of the molecule is Cc1cccnc1S(=O)(=O)NCC1(c2cccc(Cl)c2)CC1. The van der Waals surface area contributed by atoms with Crippen molar-refractivity contribution in [2.24, 2.45) is 0 Å². The Morgan fingerprint density at radius 2 is 2.05 bits per heavy atom. The molecule has 22 heavy (non-hydrogen) atoms. The molecule has 0 unspecified atom stereocenters. The maximum atomic E-state index is 12.4. The van der Waals surface area contributed by atoms with Crippen LogP contribution in [-0.2, 0) is 15.4 Å². The third-order valence-electron chi connectivity index (χ3n) is 4.11. The molecule has 1 aliphatic carbocycles. The van der Waals surface area contributed by atoms with Crippen LogP contribution in [0.5, 0.6) is 0 Å². The molecule has 3 rings (SSSR count). The minimum absolute atomic E-state index is 0.0943. The number of hydrogen-bond donors (Lipinski definition) is 1. The first-order valence-electron chi connectivity index (χ1n) is 7.10. The van der Waals surface area contributed by atoms with E-state index >= 15 is 0 Å². The molecular weight excluding hydrogens is 320 g/mol. The summed E-state index contributed by atoms with van der Waals surface area (Å²) in [6.45, 7) is 2.11. The minimum Gasteiger partial charge on any atom is -0.243 e. The molecule has 1 aromatic heterocycles. The van der Waals surface area contributed by atoms with E-state index in [-0.39, 0.29) is 10.4 Å². The van der Waals surface area contributed by atoms with Crippen molar-refractivity contribution in [2.75, 3.05) is 6.54 Å². The molecule has 2 aromatic rings. The van der Waals surface area contributed by atoms with Gasteiger partial charge in [-0.3, -0.25) is 0 Å². The molecule has 1 N–H and O–H groups in total. The third kappa shape index (κ3) is 3.02.